The lowest BCUT2D eigenvalue weighted by atomic mass is 10.1. The fourth-order valence-electron chi connectivity index (χ4n) is 1.74. The Morgan fingerprint density at radius 2 is 1.71 bits per heavy atom. The number of halogens is 1. The van der Waals surface area contributed by atoms with E-state index in [1.54, 1.807) is 6.33 Å². The molecule has 3 aromatic rings. The van der Waals surface area contributed by atoms with Crippen LogP contribution < -0.4 is 0 Å². The van der Waals surface area contributed by atoms with E-state index in [0.717, 1.165) is 11.4 Å². The van der Waals surface area contributed by atoms with Crippen molar-refractivity contribution in [3.63, 3.8) is 0 Å². The zero-order valence-electron chi connectivity index (χ0n) is 8.84. The molecule has 0 spiro atoms. The first-order valence-electron chi connectivity index (χ1n) is 5.17. The van der Waals surface area contributed by atoms with E-state index in [9.17, 15) is 0 Å². The van der Waals surface area contributed by atoms with Crippen LogP contribution in [0.3, 0.4) is 0 Å². The number of benzene rings is 2. The summed E-state index contributed by atoms with van der Waals surface area (Å²) in [6, 6.07) is 14.5. The Hall–Kier alpha value is -1.56. The normalized spacial score (nSPS) is 10.6. The highest BCUT2D eigenvalue weighted by molar-refractivity contribution is 14.1. The lowest BCUT2D eigenvalue weighted by Crippen LogP contribution is -1.93. The number of fused-ring (bicyclic) bond motifs is 1. The molecule has 1 heterocycles. The van der Waals surface area contributed by atoms with Crippen LogP contribution in [0, 0.1) is 3.83 Å². The van der Waals surface area contributed by atoms with Gasteiger partial charge in [-0.05, 0) is 16.8 Å². The molecule has 0 bridgehead atoms. The van der Waals surface area contributed by atoms with Crippen LogP contribution in [0.15, 0.2) is 48.8 Å². The first kappa shape index (κ1) is 10.6. The van der Waals surface area contributed by atoms with Crippen molar-refractivity contribution < 1.29 is 0 Å². The van der Waals surface area contributed by atoms with Gasteiger partial charge in [-0.2, -0.15) is 0 Å². The zero-order valence-corrected chi connectivity index (χ0v) is 11.0. The van der Waals surface area contributed by atoms with Crippen molar-refractivity contribution in [3.05, 3.63) is 52.6 Å². The van der Waals surface area contributed by atoms with Crippen LogP contribution in [0.2, 0.25) is 0 Å². The lowest BCUT2D eigenvalue weighted by molar-refractivity contribution is 1.01. The standard InChI is InChI=1S/C13H8IN3/c14-13-16-8-15-12(17-13)11-6-5-9-3-1-2-4-10(9)7-11/h1-8H. The molecule has 0 N–H and O–H groups in total. The van der Waals surface area contributed by atoms with Crippen molar-refractivity contribution in [1.29, 1.82) is 0 Å². The van der Waals surface area contributed by atoms with Crippen LogP contribution in [0.1, 0.15) is 0 Å². The van der Waals surface area contributed by atoms with Crippen molar-refractivity contribution in [2.45, 2.75) is 0 Å². The average Bonchev–Trinajstić information content (AvgIpc) is 2.38. The summed E-state index contributed by atoms with van der Waals surface area (Å²) in [5, 5.41) is 2.42. The molecule has 0 saturated carbocycles. The quantitative estimate of drug-likeness (QED) is 0.642. The molecule has 4 heteroatoms. The Kier molecular flexibility index (Phi) is 2.72. The van der Waals surface area contributed by atoms with Crippen LogP contribution >= 0.6 is 22.6 Å². The Bertz CT molecular complexity index is 682. The van der Waals surface area contributed by atoms with E-state index >= 15 is 0 Å². The minimum absolute atomic E-state index is 0.709. The summed E-state index contributed by atoms with van der Waals surface area (Å²) in [4.78, 5) is 12.5. The minimum Gasteiger partial charge on any atom is -0.216 e. The number of hydrogen-bond acceptors (Lipinski definition) is 3. The van der Waals surface area contributed by atoms with Gasteiger partial charge in [0.05, 0.1) is 0 Å². The van der Waals surface area contributed by atoms with Gasteiger partial charge >= 0.3 is 0 Å². The van der Waals surface area contributed by atoms with Crippen LogP contribution in [-0.2, 0) is 0 Å². The molecule has 2 aromatic carbocycles. The molecule has 17 heavy (non-hydrogen) atoms. The van der Waals surface area contributed by atoms with Gasteiger partial charge in [0.2, 0.25) is 0 Å². The number of rotatable bonds is 1. The van der Waals surface area contributed by atoms with Gasteiger partial charge in [-0.25, -0.2) is 15.0 Å². The molecule has 0 fully saturated rings. The summed E-state index contributed by atoms with van der Waals surface area (Å²) in [5.74, 6) is 0.718. The van der Waals surface area contributed by atoms with Crippen molar-refractivity contribution in [2.24, 2.45) is 0 Å². The Labute approximate surface area is 112 Å². The smallest absolute Gasteiger partial charge is 0.194 e. The predicted molar refractivity (Wildman–Crippen MR) is 75.5 cm³/mol. The molecule has 3 nitrogen and oxygen atoms in total. The van der Waals surface area contributed by atoms with E-state index in [1.165, 1.54) is 10.8 Å². The average molecular weight is 333 g/mol. The van der Waals surface area contributed by atoms with Crippen molar-refractivity contribution >= 4 is 33.4 Å². The van der Waals surface area contributed by atoms with Gasteiger partial charge in [0.25, 0.3) is 0 Å². The monoisotopic (exact) mass is 333 g/mol. The zero-order chi connectivity index (χ0) is 11.7. The number of nitrogens with zero attached hydrogens (tertiary/aromatic N) is 3. The SMILES string of the molecule is Ic1ncnc(-c2ccc3ccccc3c2)n1. The Morgan fingerprint density at radius 1 is 0.882 bits per heavy atom. The second kappa shape index (κ2) is 4.37. The van der Waals surface area contributed by atoms with E-state index in [-0.39, 0.29) is 0 Å². The summed E-state index contributed by atoms with van der Waals surface area (Å²) < 4.78 is 0.709. The summed E-state index contributed by atoms with van der Waals surface area (Å²) in [7, 11) is 0. The molecule has 1 aromatic heterocycles. The second-order valence-corrected chi connectivity index (χ2v) is 4.60. The van der Waals surface area contributed by atoms with E-state index in [2.05, 4.69) is 61.8 Å². The molecule has 0 amide bonds. The van der Waals surface area contributed by atoms with Crippen molar-refractivity contribution in [2.75, 3.05) is 0 Å². The largest absolute Gasteiger partial charge is 0.216 e. The summed E-state index contributed by atoms with van der Waals surface area (Å²) in [6.07, 6.45) is 1.54. The molecule has 0 aliphatic carbocycles. The third kappa shape index (κ3) is 2.12. The fourth-order valence-corrected chi connectivity index (χ4v) is 2.10. The maximum absolute atomic E-state index is 4.31. The molecule has 0 radical (unpaired) electrons. The van der Waals surface area contributed by atoms with Crippen LogP contribution in [0.5, 0.6) is 0 Å². The maximum atomic E-state index is 4.31. The number of aromatic nitrogens is 3. The van der Waals surface area contributed by atoms with E-state index in [1.807, 2.05) is 18.2 Å². The molecule has 0 unspecified atom stereocenters. The highest BCUT2D eigenvalue weighted by atomic mass is 127. The first-order valence-corrected chi connectivity index (χ1v) is 6.24. The third-order valence-corrected chi connectivity index (χ3v) is 3.07. The molecular formula is C13H8IN3. The molecule has 0 atom stereocenters. The first-order chi connectivity index (χ1) is 8.33. The van der Waals surface area contributed by atoms with Gasteiger partial charge in [-0.15, -0.1) is 0 Å². The predicted octanol–water partition coefficient (Wildman–Crippen LogP) is 3.30. The molecule has 3 rings (SSSR count). The molecular weight excluding hydrogens is 325 g/mol. The Balaban J connectivity index is 2.18. The summed E-state index contributed by atoms with van der Waals surface area (Å²) >= 11 is 2.09. The molecule has 0 aliphatic heterocycles. The minimum atomic E-state index is 0.709. The highest BCUT2D eigenvalue weighted by Gasteiger charge is 2.03. The Morgan fingerprint density at radius 3 is 2.53 bits per heavy atom. The van der Waals surface area contributed by atoms with Crippen LogP contribution in [0.4, 0.5) is 0 Å². The lowest BCUT2D eigenvalue weighted by Gasteiger charge is -2.02. The third-order valence-electron chi connectivity index (χ3n) is 2.55. The molecule has 0 aliphatic rings. The highest BCUT2D eigenvalue weighted by Crippen LogP contribution is 2.21. The van der Waals surface area contributed by atoms with Gasteiger partial charge < -0.3 is 0 Å². The van der Waals surface area contributed by atoms with E-state index in [0.29, 0.717) is 3.83 Å². The van der Waals surface area contributed by atoms with Gasteiger partial charge in [-0.3, -0.25) is 0 Å². The maximum Gasteiger partial charge on any atom is 0.194 e. The van der Waals surface area contributed by atoms with E-state index in [4.69, 9.17) is 0 Å². The fraction of sp³-hybridized carbons (Fsp3) is 0. The molecule has 0 saturated heterocycles. The van der Waals surface area contributed by atoms with Crippen molar-refractivity contribution in [3.8, 4) is 11.4 Å². The van der Waals surface area contributed by atoms with Crippen LogP contribution in [-0.4, -0.2) is 15.0 Å². The summed E-state index contributed by atoms with van der Waals surface area (Å²) in [5.41, 5.74) is 1.02. The van der Waals surface area contributed by atoms with E-state index < -0.39 is 0 Å². The second-order valence-electron chi connectivity index (χ2n) is 3.64. The topological polar surface area (TPSA) is 38.7 Å². The van der Waals surface area contributed by atoms with Gasteiger partial charge in [0, 0.05) is 28.2 Å². The number of hydrogen-bond donors (Lipinski definition) is 0. The van der Waals surface area contributed by atoms with Crippen molar-refractivity contribution in [1.82, 2.24) is 15.0 Å². The van der Waals surface area contributed by atoms with Gasteiger partial charge in [0.1, 0.15) is 6.33 Å². The summed E-state index contributed by atoms with van der Waals surface area (Å²) in [6.45, 7) is 0. The van der Waals surface area contributed by atoms with Crippen LogP contribution in [0.25, 0.3) is 22.2 Å². The van der Waals surface area contributed by atoms with Gasteiger partial charge in [0.15, 0.2) is 9.66 Å². The van der Waals surface area contributed by atoms with Gasteiger partial charge in [-0.1, -0.05) is 36.4 Å². The molecule has 82 valence electrons.